The summed E-state index contributed by atoms with van der Waals surface area (Å²) in [5, 5.41) is 16.7. The van der Waals surface area contributed by atoms with E-state index in [1.54, 1.807) is 18.2 Å². The molecule has 2 unspecified atom stereocenters. The molecule has 6 rings (SSSR count). The summed E-state index contributed by atoms with van der Waals surface area (Å²) in [6.45, 7) is 9.60. The van der Waals surface area contributed by atoms with E-state index in [1.807, 2.05) is 75.4 Å². The lowest BCUT2D eigenvalue weighted by Gasteiger charge is -2.21. The van der Waals surface area contributed by atoms with E-state index in [0.29, 0.717) is 28.2 Å². The molecule has 0 fully saturated rings. The van der Waals surface area contributed by atoms with Gasteiger partial charge < -0.3 is 14.5 Å². The van der Waals surface area contributed by atoms with Crippen molar-refractivity contribution in [1.82, 2.24) is 4.57 Å². The Morgan fingerprint density at radius 3 is 2.24 bits per heavy atom. The van der Waals surface area contributed by atoms with E-state index >= 15 is 0 Å². The highest BCUT2D eigenvalue weighted by molar-refractivity contribution is 6.26. The minimum absolute atomic E-state index is 0.0327. The summed E-state index contributed by atoms with van der Waals surface area (Å²) in [5.41, 5.74) is 7.14. The fourth-order valence-corrected chi connectivity index (χ4v) is 7.92. The molecule has 0 saturated heterocycles. The molecule has 0 aliphatic carbocycles. The van der Waals surface area contributed by atoms with Gasteiger partial charge in [0.2, 0.25) is 0 Å². The molecule has 0 aliphatic heterocycles. The number of aromatic nitrogens is 1. The van der Waals surface area contributed by atoms with E-state index in [9.17, 15) is 27.6 Å². The number of aryl methyl sites for hydroxylation is 3. The lowest BCUT2D eigenvalue weighted by Crippen LogP contribution is -2.34. The number of hydrogen-bond acceptors (Lipinski definition) is 4. The van der Waals surface area contributed by atoms with Crippen LogP contribution in [-0.4, -0.2) is 40.7 Å². The normalized spacial score (nSPS) is 13.4. The van der Waals surface area contributed by atoms with Crippen LogP contribution in [0.3, 0.4) is 0 Å². The predicted octanol–water partition coefficient (Wildman–Crippen LogP) is 12.2. The van der Waals surface area contributed by atoms with Crippen molar-refractivity contribution in [3.8, 4) is 5.75 Å². The Balaban J connectivity index is 1.61. The molecule has 0 bridgehead atoms. The number of para-hydroxylation sites is 1. The van der Waals surface area contributed by atoms with E-state index in [-0.39, 0.29) is 11.5 Å². The third-order valence-corrected chi connectivity index (χ3v) is 10.6. The molecule has 9 heteroatoms. The molecule has 1 aromatic heterocycles. The van der Waals surface area contributed by atoms with Gasteiger partial charge in [0.25, 0.3) is 0 Å². The number of oxime groups is 1. The van der Waals surface area contributed by atoms with Gasteiger partial charge in [-0.15, -0.1) is 5.16 Å². The summed E-state index contributed by atoms with van der Waals surface area (Å²) in [6.07, 6.45) is 1.65. The van der Waals surface area contributed by atoms with Crippen molar-refractivity contribution in [1.29, 1.82) is 0 Å². The van der Waals surface area contributed by atoms with E-state index in [0.717, 1.165) is 81.5 Å². The summed E-state index contributed by atoms with van der Waals surface area (Å²) < 4.78 is 61.6. The molecule has 5 nitrogen and oxygen atoms in total. The van der Waals surface area contributed by atoms with Gasteiger partial charge in [-0.3, -0.25) is 4.79 Å². The highest BCUT2D eigenvalue weighted by Gasteiger charge is 2.42. The summed E-state index contributed by atoms with van der Waals surface area (Å²) in [6, 6.07) is 26.2. The van der Waals surface area contributed by atoms with Gasteiger partial charge >= 0.3 is 12.3 Å². The molecule has 0 spiro atoms. The van der Waals surface area contributed by atoms with Crippen LogP contribution in [0.25, 0.3) is 32.6 Å². The molecule has 6 aromatic rings. The number of nitrogens with zero attached hydrogens (tertiary/aromatic N) is 2. The van der Waals surface area contributed by atoms with Crippen molar-refractivity contribution in [2.75, 3.05) is 6.61 Å². The number of rotatable bonds is 15. The van der Waals surface area contributed by atoms with Gasteiger partial charge in [-0.25, -0.2) is 8.78 Å². The van der Waals surface area contributed by atoms with Crippen molar-refractivity contribution in [3.63, 3.8) is 0 Å². The monoisotopic (exact) mass is 738 g/mol. The van der Waals surface area contributed by atoms with Crippen molar-refractivity contribution in [3.05, 3.63) is 124 Å². The molecule has 0 aliphatic rings. The average molecular weight is 739 g/mol. The largest absolute Gasteiger partial charge is 0.487 e. The number of unbranched alkanes of at least 4 members (excludes halogenated alkanes) is 1. The van der Waals surface area contributed by atoms with Crippen molar-refractivity contribution >= 4 is 44.6 Å². The third-order valence-electron chi connectivity index (χ3n) is 10.6. The van der Waals surface area contributed by atoms with Gasteiger partial charge in [0.15, 0.2) is 12.4 Å². The van der Waals surface area contributed by atoms with Gasteiger partial charge in [0, 0.05) is 44.9 Å². The van der Waals surface area contributed by atoms with Crippen LogP contribution in [0.5, 0.6) is 5.75 Å². The topological polar surface area (TPSA) is 63.8 Å². The molecule has 54 heavy (non-hydrogen) atoms. The lowest BCUT2D eigenvalue weighted by atomic mass is 9.88. The summed E-state index contributed by atoms with van der Waals surface area (Å²) >= 11 is 0. The average Bonchev–Trinajstić information content (AvgIpc) is 3.46. The van der Waals surface area contributed by atoms with Crippen LogP contribution in [0.15, 0.2) is 90.1 Å². The first kappa shape index (κ1) is 38.5. The molecule has 0 saturated carbocycles. The highest BCUT2D eigenvalue weighted by Crippen LogP contribution is 2.41. The van der Waals surface area contributed by atoms with Gasteiger partial charge in [0.05, 0.1) is 17.6 Å². The molecule has 0 radical (unpaired) electrons. The molecule has 2 atom stereocenters. The molecular weight excluding hydrogens is 692 g/mol. The zero-order valence-corrected chi connectivity index (χ0v) is 31.3. The molecule has 282 valence electrons. The fourth-order valence-electron chi connectivity index (χ4n) is 7.92. The van der Waals surface area contributed by atoms with E-state index in [1.165, 1.54) is 12.3 Å². The zero-order valence-electron chi connectivity index (χ0n) is 31.3. The first-order valence-electron chi connectivity index (χ1n) is 18.5. The minimum atomic E-state index is -4.35. The third kappa shape index (κ3) is 7.46. The molecule has 1 heterocycles. The number of alkyl halides is 4. The summed E-state index contributed by atoms with van der Waals surface area (Å²) in [5.74, 6) is -4.83. The second kappa shape index (κ2) is 16.0. The number of ketones is 1. The van der Waals surface area contributed by atoms with E-state index < -0.39 is 24.9 Å². The van der Waals surface area contributed by atoms with Crippen LogP contribution in [0, 0.1) is 26.7 Å². The maximum atomic E-state index is 14.6. The maximum absolute atomic E-state index is 14.6. The molecule has 0 amide bonds. The smallest absolute Gasteiger partial charge is 0.340 e. The first-order valence-corrected chi connectivity index (χ1v) is 18.5. The van der Waals surface area contributed by atoms with Crippen LogP contribution in [0.4, 0.5) is 17.6 Å². The summed E-state index contributed by atoms with van der Waals surface area (Å²) in [7, 11) is 0. The van der Waals surface area contributed by atoms with Crippen LogP contribution in [0.2, 0.25) is 0 Å². The number of benzene rings is 5. The SMILES string of the molecule is CCCCC(CC)Cn1c2ccc(C(C=NO)c3ccccc3OCC(F)(F)C(F)F)cc2c2cc(C(=O)c3c(C)cc(C)cc3C)c3ccccc3c21. The van der Waals surface area contributed by atoms with E-state index in [4.69, 9.17) is 4.74 Å². The second-order valence-corrected chi connectivity index (χ2v) is 14.4. The van der Waals surface area contributed by atoms with E-state index in [2.05, 4.69) is 29.6 Å². The van der Waals surface area contributed by atoms with Gasteiger partial charge in [-0.1, -0.05) is 99.3 Å². The molecular formula is C45H46F4N2O3. The standard InChI is InChI=1S/C45H46F4N2O3/c1-6-8-13-30(7-2)25-51-39-19-18-31(38(24-50-53)33-15-11-12-17-40(33)54-26-45(48,49)44(46)47)22-35(39)36-23-37(32-14-9-10-16-34(32)42(36)51)43(52)41-28(4)20-27(3)21-29(41)5/h9-12,14-24,30,38,44,53H,6-8,13,25-26H2,1-5H3. The number of carbonyl (C=O) groups excluding carboxylic acids is 1. The first-order chi connectivity index (χ1) is 25.9. The quantitative estimate of drug-likeness (QED) is 0.0375. The molecule has 1 N–H and O–H groups in total. The number of carbonyl (C=O) groups is 1. The van der Waals surface area contributed by atoms with Crippen LogP contribution >= 0.6 is 0 Å². The number of ether oxygens (including phenoxy) is 1. The predicted molar refractivity (Wildman–Crippen MR) is 209 cm³/mol. The number of halogens is 4. The Morgan fingerprint density at radius 2 is 1.57 bits per heavy atom. The van der Waals surface area contributed by atoms with Gasteiger partial charge in [-0.05, 0) is 79.5 Å². The number of fused-ring (bicyclic) bond motifs is 5. The van der Waals surface area contributed by atoms with Crippen molar-refractivity contribution < 1.29 is 32.3 Å². The fraction of sp³-hybridized carbons (Fsp3) is 0.333. The van der Waals surface area contributed by atoms with Gasteiger partial charge in [-0.2, -0.15) is 8.78 Å². The minimum Gasteiger partial charge on any atom is -0.487 e. The Morgan fingerprint density at radius 1 is 0.889 bits per heavy atom. The van der Waals surface area contributed by atoms with Crippen LogP contribution in [0.1, 0.15) is 89.2 Å². The van der Waals surface area contributed by atoms with Crippen LogP contribution in [-0.2, 0) is 6.54 Å². The zero-order chi connectivity index (χ0) is 38.7. The summed E-state index contributed by atoms with van der Waals surface area (Å²) in [4.78, 5) is 14.6. The Kier molecular flexibility index (Phi) is 11.5. The van der Waals surface area contributed by atoms with Gasteiger partial charge in [0.1, 0.15) is 5.75 Å². The Bertz CT molecular complexity index is 2320. The Labute approximate surface area is 313 Å². The van der Waals surface area contributed by atoms with Crippen molar-refractivity contribution in [2.45, 2.75) is 85.1 Å². The maximum Gasteiger partial charge on any atom is 0.340 e. The van der Waals surface area contributed by atoms with Crippen LogP contribution < -0.4 is 4.74 Å². The Hall–Kier alpha value is -5.18. The second-order valence-electron chi connectivity index (χ2n) is 14.4. The number of hydrogen-bond donors (Lipinski definition) is 1. The lowest BCUT2D eigenvalue weighted by molar-refractivity contribution is -0.148. The molecule has 5 aromatic carbocycles. The highest BCUT2D eigenvalue weighted by atomic mass is 19.3. The van der Waals surface area contributed by atoms with Crippen molar-refractivity contribution in [2.24, 2.45) is 11.1 Å².